The van der Waals surface area contributed by atoms with Gasteiger partial charge in [0.25, 0.3) is 0 Å². The van der Waals surface area contributed by atoms with Gasteiger partial charge in [-0.15, -0.1) is 11.3 Å². The average Bonchev–Trinajstić information content (AvgIpc) is 3.12. The van der Waals surface area contributed by atoms with Gasteiger partial charge in [-0.05, 0) is 38.7 Å². The highest BCUT2D eigenvalue weighted by Gasteiger charge is 2.32. The lowest BCUT2D eigenvalue weighted by Gasteiger charge is -2.21. The van der Waals surface area contributed by atoms with Crippen LogP contribution in [-0.2, 0) is 25.6 Å². The summed E-state index contributed by atoms with van der Waals surface area (Å²) in [4.78, 5) is 20.0. The molecule has 0 amide bonds. The molecule has 0 spiro atoms. The smallest absolute Gasteiger partial charge is 0.357 e. The van der Waals surface area contributed by atoms with E-state index < -0.39 is 11.9 Å². The van der Waals surface area contributed by atoms with E-state index in [0.717, 1.165) is 36.1 Å². The summed E-state index contributed by atoms with van der Waals surface area (Å²) in [5.74, 6) is 0.657. The number of anilines is 1. The quantitative estimate of drug-likeness (QED) is 0.390. The summed E-state index contributed by atoms with van der Waals surface area (Å²) in [7, 11) is 1.95. The standard InChI is InChI=1S/C19H26F3N7S/c1-3-23-18(29(2)12-16-27-13-6-4-5-7-14(13)30-16)26-11-10-25-17-24-9-8-15(28-17)19(20,21)22/h8-9H,3-7,10-12H2,1-2H3,(H,23,26)(H,24,25,28). The summed E-state index contributed by atoms with van der Waals surface area (Å²) in [6.45, 7) is 4.03. The molecule has 0 unspecified atom stereocenters. The molecule has 2 heterocycles. The van der Waals surface area contributed by atoms with Crippen molar-refractivity contribution < 1.29 is 13.2 Å². The Bertz CT molecular complexity index is 843. The minimum Gasteiger partial charge on any atom is -0.357 e. The van der Waals surface area contributed by atoms with Crippen molar-refractivity contribution in [3.63, 3.8) is 0 Å². The van der Waals surface area contributed by atoms with Gasteiger partial charge in [0.2, 0.25) is 5.95 Å². The van der Waals surface area contributed by atoms with Crippen LogP contribution in [0.15, 0.2) is 17.3 Å². The lowest BCUT2D eigenvalue weighted by Crippen LogP contribution is -2.38. The molecule has 2 aromatic heterocycles. The molecule has 0 atom stereocenters. The zero-order chi connectivity index (χ0) is 21.6. The first-order valence-electron chi connectivity index (χ1n) is 9.98. The molecule has 164 valence electrons. The number of fused-ring (bicyclic) bond motifs is 1. The second kappa shape index (κ2) is 10.1. The van der Waals surface area contributed by atoms with Gasteiger partial charge >= 0.3 is 6.18 Å². The Morgan fingerprint density at radius 1 is 1.27 bits per heavy atom. The molecule has 0 radical (unpaired) electrons. The molecule has 1 aliphatic rings. The van der Waals surface area contributed by atoms with E-state index in [9.17, 15) is 13.2 Å². The van der Waals surface area contributed by atoms with Crippen molar-refractivity contribution in [3.8, 4) is 0 Å². The highest BCUT2D eigenvalue weighted by Crippen LogP contribution is 2.28. The molecular weight excluding hydrogens is 415 g/mol. The first-order valence-corrected chi connectivity index (χ1v) is 10.8. The fraction of sp³-hybridized carbons (Fsp3) is 0.579. The first-order chi connectivity index (χ1) is 14.4. The number of aryl methyl sites for hydroxylation is 2. The molecule has 0 aromatic carbocycles. The van der Waals surface area contributed by atoms with Gasteiger partial charge in [0.05, 0.1) is 18.8 Å². The van der Waals surface area contributed by atoms with E-state index in [4.69, 9.17) is 4.98 Å². The van der Waals surface area contributed by atoms with Gasteiger partial charge in [-0.2, -0.15) is 13.2 Å². The Kier molecular flexibility index (Phi) is 7.46. The number of nitrogens with one attached hydrogen (secondary N) is 2. The average molecular weight is 442 g/mol. The van der Waals surface area contributed by atoms with Crippen LogP contribution in [0.5, 0.6) is 0 Å². The van der Waals surface area contributed by atoms with E-state index in [1.165, 1.54) is 23.4 Å². The third kappa shape index (κ3) is 6.04. The molecule has 7 nitrogen and oxygen atoms in total. The molecule has 11 heteroatoms. The molecule has 3 rings (SSSR count). The lowest BCUT2D eigenvalue weighted by molar-refractivity contribution is -0.141. The number of hydrogen-bond donors (Lipinski definition) is 2. The van der Waals surface area contributed by atoms with Crippen molar-refractivity contribution in [1.82, 2.24) is 25.2 Å². The van der Waals surface area contributed by atoms with Crippen LogP contribution in [0.1, 0.15) is 41.0 Å². The number of thiazole rings is 1. The summed E-state index contributed by atoms with van der Waals surface area (Å²) >= 11 is 1.77. The van der Waals surface area contributed by atoms with Crippen molar-refractivity contribution in [3.05, 3.63) is 33.5 Å². The molecule has 0 saturated heterocycles. The maximum absolute atomic E-state index is 12.7. The van der Waals surface area contributed by atoms with Crippen LogP contribution in [0.2, 0.25) is 0 Å². The van der Waals surface area contributed by atoms with Crippen LogP contribution in [-0.4, -0.2) is 52.5 Å². The zero-order valence-corrected chi connectivity index (χ0v) is 17.9. The number of alkyl halides is 3. The molecule has 0 bridgehead atoms. The van der Waals surface area contributed by atoms with E-state index in [2.05, 4.69) is 25.6 Å². The maximum atomic E-state index is 12.7. The normalized spacial score (nSPS) is 14.4. The summed E-state index contributed by atoms with van der Waals surface area (Å²) in [6.07, 6.45) is 1.22. The first kappa shape index (κ1) is 22.3. The highest BCUT2D eigenvalue weighted by molar-refractivity contribution is 7.11. The van der Waals surface area contributed by atoms with Crippen LogP contribution in [0.4, 0.5) is 19.1 Å². The van der Waals surface area contributed by atoms with Gasteiger partial charge in [0.1, 0.15) is 10.7 Å². The van der Waals surface area contributed by atoms with Crippen LogP contribution in [0, 0.1) is 0 Å². The molecular formula is C19H26F3N7S. The van der Waals surface area contributed by atoms with E-state index in [0.29, 0.717) is 26.2 Å². The van der Waals surface area contributed by atoms with Gasteiger partial charge < -0.3 is 15.5 Å². The fourth-order valence-electron chi connectivity index (χ4n) is 3.15. The topological polar surface area (TPSA) is 78.3 Å². The van der Waals surface area contributed by atoms with Gasteiger partial charge in [-0.25, -0.2) is 15.0 Å². The van der Waals surface area contributed by atoms with Crippen LogP contribution in [0.3, 0.4) is 0 Å². The molecule has 2 N–H and O–H groups in total. The van der Waals surface area contributed by atoms with Gasteiger partial charge in [-0.1, -0.05) is 0 Å². The van der Waals surface area contributed by atoms with E-state index in [1.54, 1.807) is 11.3 Å². The molecule has 0 saturated carbocycles. The Morgan fingerprint density at radius 3 is 2.80 bits per heavy atom. The number of guanidine groups is 1. The highest BCUT2D eigenvalue weighted by atomic mass is 32.1. The van der Waals surface area contributed by atoms with E-state index >= 15 is 0 Å². The maximum Gasteiger partial charge on any atom is 0.433 e. The van der Waals surface area contributed by atoms with Crippen LogP contribution in [0.25, 0.3) is 0 Å². The third-order valence-corrected chi connectivity index (χ3v) is 5.70. The van der Waals surface area contributed by atoms with Crippen molar-refractivity contribution in [1.29, 1.82) is 0 Å². The Labute approximate surface area is 177 Å². The van der Waals surface area contributed by atoms with Crippen molar-refractivity contribution >= 4 is 23.2 Å². The number of rotatable bonds is 7. The number of hydrogen-bond acceptors (Lipinski definition) is 6. The Morgan fingerprint density at radius 2 is 2.07 bits per heavy atom. The second-order valence-electron chi connectivity index (χ2n) is 6.97. The fourth-order valence-corrected chi connectivity index (χ4v) is 4.36. The molecule has 0 aliphatic heterocycles. The third-order valence-electron chi connectivity index (χ3n) is 4.56. The van der Waals surface area contributed by atoms with Gasteiger partial charge in [-0.3, -0.25) is 4.99 Å². The van der Waals surface area contributed by atoms with E-state index in [1.807, 2.05) is 18.9 Å². The predicted octanol–water partition coefficient (Wildman–Crippen LogP) is 3.34. The molecule has 1 aliphatic carbocycles. The number of nitrogens with zero attached hydrogens (tertiary/aromatic N) is 5. The van der Waals surface area contributed by atoms with Crippen LogP contribution < -0.4 is 10.6 Å². The van der Waals surface area contributed by atoms with E-state index in [-0.39, 0.29) is 5.95 Å². The van der Waals surface area contributed by atoms with Crippen LogP contribution >= 0.6 is 11.3 Å². The van der Waals surface area contributed by atoms with Gasteiger partial charge in [0.15, 0.2) is 5.96 Å². The largest absolute Gasteiger partial charge is 0.433 e. The Hall–Kier alpha value is -2.43. The monoisotopic (exact) mass is 441 g/mol. The number of aliphatic imine (C=N–C) groups is 1. The summed E-state index contributed by atoms with van der Waals surface area (Å²) in [5, 5.41) is 7.10. The molecule has 2 aromatic rings. The zero-order valence-electron chi connectivity index (χ0n) is 17.1. The number of aromatic nitrogens is 3. The second-order valence-corrected chi connectivity index (χ2v) is 8.13. The van der Waals surface area contributed by atoms with Crippen molar-refractivity contribution in [2.75, 3.05) is 32.0 Å². The van der Waals surface area contributed by atoms with Gasteiger partial charge in [0, 0.05) is 31.2 Å². The van der Waals surface area contributed by atoms with Crippen molar-refractivity contribution in [2.45, 2.75) is 45.3 Å². The number of halogens is 3. The SMILES string of the molecule is CCNC(=NCCNc1nccc(C(F)(F)F)n1)N(C)Cc1nc2c(s1)CCCC2. The van der Waals surface area contributed by atoms with Crippen molar-refractivity contribution in [2.24, 2.45) is 4.99 Å². The summed E-state index contributed by atoms with van der Waals surface area (Å²) < 4.78 is 38.2. The minimum atomic E-state index is -4.49. The predicted molar refractivity (Wildman–Crippen MR) is 112 cm³/mol. The summed E-state index contributed by atoms with van der Waals surface area (Å²) in [6, 6.07) is 0.845. The lowest BCUT2D eigenvalue weighted by atomic mass is 10.0. The Balaban J connectivity index is 1.55. The summed E-state index contributed by atoms with van der Waals surface area (Å²) in [5.41, 5.74) is 0.268. The molecule has 0 fully saturated rings. The minimum absolute atomic E-state index is 0.0632. The molecule has 30 heavy (non-hydrogen) atoms.